The molecule has 3 rings (SSSR count). The Balaban J connectivity index is 1.78. The van der Waals surface area contributed by atoms with Crippen molar-refractivity contribution in [3.63, 3.8) is 0 Å². The summed E-state index contributed by atoms with van der Waals surface area (Å²) >= 11 is 0. The Morgan fingerprint density at radius 1 is 1.31 bits per heavy atom. The predicted molar refractivity (Wildman–Crippen MR) is 89.6 cm³/mol. The van der Waals surface area contributed by atoms with E-state index in [1.165, 1.54) is 6.07 Å². The molecule has 2 aromatic heterocycles. The number of pyridine rings is 1. The van der Waals surface area contributed by atoms with Crippen molar-refractivity contribution in [2.24, 2.45) is 0 Å². The topological polar surface area (TPSA) is 164 Å². The van der Waals surface area contributed by atoms with Gasteiger partial charge in [0.25, 0.3) is 5.91 Å². The summed E-state index contributed by atoms with van der Waals surface area (Å²) in [5, 5.41) is 29.5. The zero-order chi connectivity index (χ0) is 21.3. The van der Waals surface area contributed by atoms with Crippen LogP contribution in [0, 0.1) is 0 Å². The first kappa shape index (κ1) is 20.4. The largest absolute Gasteiger partial charge is 0.477 e. The van der Waals surface area contributed by atoms with E-state index in [1.54, 1.807) is 0 Å². The first-order chi connectivity index (χ1) is 13.6. The van der Waals surface area contributed by atoms with Crippen LogP contribution in [0.3, 0.4) is 0 Å². The van der Waals surface area contributed by atoms with Crippen molar-refractivity contribution in [3.05, 3.63) is 52.3 Å². The zero-order valence-electron chi connectivity index (χ0n) is 14.4. The number of carbonyl (C=O) groups is 2. The highest BCUT2D eigenvalue weighted by atomic mass is 19.3. The van der Waals surface area contributed by atoms with Crippen LogP contribution in [-0.4, -0.2) is 66.5 Å². The number of aliphatic hydroxyl groups excluding tert-OH is 2. The van der Waals surface area contributed by atoms with E-state index in [4.69, 9.17) is 14.9 Å². The predicted octanol–water partition coefficient (Wildman–Crippen LogP) is -0.525. The molecule has 3 atom stereocenters. The van der Waals surface area contributed by atoms with E-state index in [2.05, 4.69) is 15.3 Å². The summed E-state index contributed by atoms with van der Waals surface area (Å²) in [6, 6.07) is 3.35. The lowest BCUT2D eigenvalue weighted by Crippen LogP contribution is -2.41. The number of carboxylic acid groups (broad SMARTS) is 1. The molecule has 1 saturated heterocycles. The molecule has 0 aliphatic carbocycles. The van der Waals surface area contributed by atoms with Gasteiger partial charge in [-0.1, -0.05) is 0 Å². The van der Waals surface area contributed by atoms with Crippen LogP contribution >= 0.6 is 0 Å². The number of aliphatic hydroxyl groups is 2. The van der Waals surface area contributed by atoms with E-state index in [0.717, 1.165) is 24.5 Å². The molecule has 0 unspecified atom stereocenters. The number of alkyl halides is 2. The fourth-order valence-electron chi connectivity index (χ4n) is 2.62. The maximum Gasteiger partial charge on any atom is 0.354 e. The second-order valence-corrected chi connectivity index (χ2v) is 6.02. The van der Waals surface area contributed by atoms with Gasteiger partial charge in [-0.05, 0) is 18.2 Å². The van der Waals surface area contributed by atoms with Crippen molar-refractivity contribution in [2.75, 3.05) is 11.9 Å². The highest BCUT2D eigenvalue weighted by molar-refractivity contribution is 6.03. The SMILES string of the molecule is O=C(Nc1ccn([C@@H]2O[C@H](CO)[C@@H](O)C2(F)F)c(=O)n1)c1ccc(C(=O)O)nc1. The van der Waals surface area contributed by atoms with Gasteiger partial charge in [0.15, 0.2) is 6.10 Å². The molecule has 0 saturated carbocycles. The Labute approximate surface area is 160 Å². The van der Waals surface area contributed by atoms with Crippen molar-refractivity contribution in [2.45, 2.75) is 24.4 Å². The minimum Gasteiger partial charge on any atom is -0.477 e. The monoisotopic (exact) mass is 412 g/mol. The number of rotatable bonds is 5. The molecule has 0 aromatic carbocycles. The van der Waals surface area contributed by atoms with Crippen LogP contribution in [0.2, 0.25) is 0 Å². The molecule has 29 heavy (non-hydrogen) atoms. The Morgan fingerprint density at radius 3 is 2.55 bits per heavy atom. The van der Waals surface area contributed by atoms with Gasteiger partial charge in [0.05, 0.1) is 12.2 Å². The number of ether oxygens (including phenoxy) is 1. The second-order valence-electron chi connectivity index (χ2n) is 6.02. The lowest BCUT2D eigenvalue weighted by atomic mass is 10.1. The fraction of sp³-hybridized carbons (Fsp3) is 0.312. The normalized spacial score (nSPS) is 23.0. The third kappa shape index (κ3) is 3.83. The Kier molecular flexibility index (Phi) is 5.37. The van der Waals surface area contributed by atoms with E-state index in [-0.39, 0.29) is 17.1 Å². The summed E-state index contributed by atoms with van der Waals surface area (Å²) in [5.74, 6) is -6.17. The van der Waals surface area contributed by atoms with E-state index < -0.39 is 48.5 Å². The van der Waals surface area contributed by atoms with Crippen molar-refractivity contribution < 1.29 is 38.4 Å². The number of carboxylic acids is 1. The van der Waals surface area contributed by atoms with Gasteiger partial charge in [-0.15, -0.1) is 0 Å². The number of hydrogen-bond donors (Lipinski definition) is 4. The molecule has 0 radical (unpaired) electrons. The number of amides is 1. The van der Waals surface area contributed by atoms with Crippen LogP contribution in [0.15, 0.2) is 35.4 Å². The number of nitrogens with zero attached hydrogens (tertiary/aromatic N) is 3. The lowest BCUT2D eigenvalue weighted by Gasteiger charge is -2.21. The highest BCUT2D eigenvalue weighted by Gasteiger charge is 2.59. The molecule has 1 aliphatic heterocycles. The molecular weight excluding hydrogens is 398 g/mol. The Morgan fingerprint density at radius 2 is 2.03 bits per heavy atom. The molecule has 4 N–H and O–H groups in total. The van der Waals surface area contributed by atoms with Gasteiger partial charge in [-0.3, -0.25) is 9.36 Å². The van der Waals surface area contributed by atoms with Crippen LogP contribution in [0.25, 0.3) is 0 Å². The molecule has 0 spiro atoms. The lowest BCUT2D eigenvalue weighted by molar-refractivity contribution is -0.140. The first-order valence-corrected chi connectivity index (χ1v) is 8.07. The van der Waals surface area contributed by atoms with Crippen LogP contribution in [-0.2, 0) is 4.74 Å². The highest BCUT2D eigenvalue weighted by Crippen LogP contribution is 2.41. The number of aromatic carboxylic acids is 1. The first-order valence-electron chi connectivity index (χ1n) is 8.07. The third-order valence-electron chi connectivity index (χ3n) is 4.13. The van der Waals surface area contributed by atoms with Gasteiger partial charge in [-0.25, -0.2) is 14.6 Å². The number of hydrogen-bond acceptors (Lipinski definition) is 8. The maximum atomic E-state index is 14.1. The van der Waals surface area contributed by atoms with E-state index in [0.29, 0.717) is 4.57 Å². The Hall–Kier alpha value is -3.29. The van der Waals surface area contributed by atoms with Crippen LogP contribution < -0.4 is 11.0 Å². The average Bonchev–Trinajstić information content (AvgIpc) is 2.91. The summed E-state index contributed by atoms with van der Waals surface area (Å²) in [4.78, 5) is 42.0. The number of nitrogens with one attached hydrogen (secondary N) is 1. The summed E-state index contributed by atoms with van der Waals surface area (Å²) in [6.07, 6.45) is -4.19. The van der Waals surface area contributed by atoms with Gasteiger partial charge < -0.3 is 25.4 Å². The van der Waals surface area contributed by atoms with Gasteiger partial charge in [0.2, 0.25) is 6.23 Å². The van der Waals surface area contributed by atoms with Crippen molar-refractivity contribution in [1.29, 1.82) is 0 Å². The number of halogens is 2. The third-order valence-corrected chi connectivity index (χ3v) is 4.13. The quantitative estimate of drug-likeness (QED) is 0.505. The molecule has 0 bridgehead atoms. The summed E-state index contributed by atoms with van der Waals surface area (Å²) in [6.45, 7) is -0.877. The Bertz CT molecular complexity index is 996. The second kappa shape index (κ2) is 7.62. The minimum absolute atomic E-state index is 0.0273. The maximum absolute atomic E-state index is 14.1. The molecule has 1 amide bonds. The molecule has 1 aliphatic rings. The minimum atomic E-state index is -3.86. The van der Waals surface area contributed by atoms with E-state index in [1.807, 2.05) is 0 Å². The summed E-state index contributed by atoms with van der Waals surface area (Å²) in [7, 11) is 0. The fourth-order valence-corrected chi connectivity index (χ4v) is 2.62. The van der Waals surface area contributed by atoms with E-state index >= 15 is 0 Å². The van der Waals surface area contributed by atoms with Crippen molar-refractivity contribution in [1.82, 2.24) is 14.5 Å². The number of anilines is 1. The number of aromatic nitrogens is 3. The average molecular weight is 412 g/mol. The van der Waals surface area contributed by atoms with E-state index in [9.17, 15) is 28.3 Å². The van der Waals surface area contributed by atoms with Crippen LogP contribution in [0.1, 0.15) is 27.1 Å². The van der Waals surface area contributed by atoms with Crippen molar-refractivity contribution in [3.8, 4) is 0 Å². The smallest absolute Gasteiger partial charge is 0.354 e. The summed E-state index contributed by atoms with van der Waals surface area (Å²) in [5.41, 5.74) is -1.50. The van der Waals surface area contributed by atoms with Crippen molar-refractivity contribution >= 4 is 17.7 Å². The zero-order valence-corrected chi connectivity index (χ0v) is 14.4. The van der Waals surface area contributed by atoms with Gasteiger partial charge in [0, 0.05) is 12.4 Å². The molecular formula is C16H14F2N4O7. The molecule has 13 heteroatoms. The van der Waals surface area contributed by atoms with Gasteiger partial charge >= 0.3 is 17.6 Å². The van der Waals surface area contributed by atoms with Crippen LogP contribution in [0.4, 0.5) is 14.6 Å². The van der Waals surface area contributed by atoms with Gasteiger partial charge in [-0.2, -0.15) is 13.8 Å². The van der Waals surface area contributed by atoms with Gasteiger partial charge in [0.1, 0.15) is 17.6 Å². The molecule has 1 fully saturated rings. The van der Waals surface area contributed by atoms with Crippen LogP contribution in [0.5, 0.6) is 0 Å². The number of carbonyl (C=O) groups excluding carboxylic acids is 1. The molecule has 2 aromatic rings. The summed E-state index contributed by atoms with van der Waals surface area (Å²) < 4.78 is 33.6. The standard InChI is InChI=1S/C16H14F2N4O7/c17-16(18)11(24)9(6-23)29-14(16)22-4-3-10(21-15(22)28)20-12(25)7-1-2-8(13(26)27)19-5-7/h1-5,9,11,14,23-24H,6H2,(H,26,27)(H,20,21,25,28)/t9-,11-,14-/m1/s1. The molecule has 11 nitrogen and oxygen atoms in total. The molecule has 154 valence electrons. The molecule has 3 heterocycles.